The van der Waals surface area contributed by atoms with Crippen LogP contribution in [0.5, 0.6) is 0 Å². The van der Waals surface area contributed by atoms with Gasteiger partial charge in [-0.1, -0.05) is 6.07 Å². The number of benzene rings is 1. The topological polar surface area (TPSA) is 41.1 Å². The van der Waals surface area contributed by atoms with Crippen LogP contribution in [-0.2, 0) is 0 Å². The lowest BCUT2D eigenvalue weighted by Crippen LogP contribution is -1.91. The summed E-state index contributed by atoms with van der Waals surface area (Å²) in [6, 6.07) is 11.8. The number of aryl methyl sites for hydroxylation is 1. The Morgan fingerprint density at radius 3 is 2.84 bits per heavy atom. The van der Waals surface area contributed by atoms with E-state index < -0.39 is 0 Å². The molecular formula is C15H10BrN3. The fourth-order valence-corrected chi connectivity index (χ4v) is 2.51. The molecule has 0 aliphatic heterocycles. The van der Waals surface area contributed by atoms with Gasteiger partial charge in [0.05, 0.1) is 23.5 Å². The largest absolute Gasteiger partial charge is 0.299 e. The van der Waals surface area contributed by atoms with Gasteiger partial charge in [-0.05, 0) is 52.7 Å². The lowest BCUT2D eigenvalue weighted by molar-refractivity contribution is 1.17. The first kappa shape index (κ1) is 11.9. The zero-order valence-corrected chi connectivity index (χ0v) is 11.8. The summed E-state index contributed by atoms with van der Waals surface area (Å²) >= 11 is 3.47. The standard InChI is InChI=1S/C15H10BrN3/c1-10-6-11(7-17)2-4-13(10)14-8-18-15-5-3-12(16)9-19(14)15/h2-6,8-9H,1H3. The van der Waals surface area contributed by atoms with E-state index in [4.69, 9.17) is 5.26 Å². The Morgan fingerprint density at radius 1 is 1.26 bits per heavy atom. The average molecular weight is 312 g/mol. The van der Waals surface area contributed by atoms with E-state index in [9.17, 15) is 0 Å². The maximum absolute atomic E-state index is 8.92. The van der Waals surface area contributed by atoms with Crippen molar-refractivity contribution < 1.29 is 0 Å². The molecule has 3 aromatic rings. The van der Waals surface area contributed by atoms with E-state index in [0.29, 0.717) is 5.56 Å². The Balaban J connectivity index is 2.25. The van der Waals surface area contributed by atoms with E-state index in [1.807, 2.05) is 54.0 Å². The molecule has 0 aliphatic carbocycles. The second-order valence-electron chi connectivity index (χ2n) is 4.36. The SMILES string of the molecule is Cc1cc(C#N)ccc1-c1cnc2ccc(Br)cn12. The second-order valence-corrected chi connectivity index (χ2v) is 5.28. The van der Waals surface area contributed by atoms with E-state index in [1.165, 1.54) is 0 Å². The van der Waals surface area contributed by atoms with E-state index in [1.54, 1.807) is 0 Å². The van der Waals surface area contributed by atoms with Crippen molar-refractivity contribution in [2.75, 3.05) is 0 Å². The molecule has 3 nitrogen and oxygen atoms in total. The van der Waals surface area contributed by atoms with Gasteiger partial charge in [-0.15, -0.1) is 0 Å². The summed E-state index contributed by atoms with van der Waals surface area (Å²) in [4.78, 5) is 4.40. The van der Waals surface area contributed by atoms with Crippen molar-refractivity contribution in [3.63, 3.8) is 0 Å². The fraction of sp³-hybridized carbons (Fsp3) is 0.0667. The Bertz CT molecular complexity index is 812. The van der Waals surface area contributed by atoms with Crippen molar-refractivity contribution in [3.8, 4) is 17.3 Å². The van der Waals surface area contributed by atoms with Gasteiger partial charge >= 0.3 is 0 Å². The van der Waals surface area contributed by atoms with Crippen LogP contribution < -0.4 is 0 Å². The van der Waals surface area contributed by atoms with Crippen LogP contribution in [0.15, 0.2) is 47.2 Å². The highest BCUT2D eigenvalue weighted by Crippen LogP contribution is 2.26. The molecule has 0 N–H and O–H groups in total. The number of halogens is 1. The first-order valence-corrected chi connectivity index (χ1v) is 6.62. The smallest absolute Gasteiger partial charge is 0.137 e. The van der Waals surface area contributed by atoms with Crippen LogP contribution in [0.3, 0.4) is 0 Å². The highest BCUT2D eigenvalue weighted by molar-refractivity contribution is 9.10. The Labute approximate surface area is 119 Å². The van der Waals surface area contributed by atoms with Gasteiger partial charge in [-0.2, -0.15) is 5.26 Å². The maximum atomic E-state index is 8.92. The molecule has 0 radical (unpaired) electrons. The lowest BCUT2D eigenvalue weighted by Gasteiger charge is -2.06. The van der Waals surface area contributed by atoms with Gasteiger partial charge in [0.25, 0.3) is 0 Å². The molecule has 2 aromatic heterocycles. The number of nitriles is 1. The molecule has 2 heterocycles. The van der Waals surface area contributed by atoms with Crippen LogP contribution >= 0.6 is 15.9 Å². The minimum absolute atomic E-state index is 0.677. The molecule has 0 unspecified atom stereocenters. The fourth-order valence-electron chi connectivity index (χ4n) is 2.17. The normalized spacial score (nSPS) is 10.6. The molecule has 4 heteroatoms. The molecule has 0 saturated carbocycles. The third-order valence-electron chi connectivity index (χ3n) is 3.10. The van der Waals surface area contributed by atoms with Crippen molar-refractivity contribution in [1.82, 2.24) is 9.38 Å². The van der Waals surface area contributed by atoms with Gasteiger partial charge in [-0.25, -0.2) is 4.98 Å². The Hall–Kier alpha value is -2.12. The summed E-state index contributed by atoms with van der Waals surface area (Å²) < 4.78 is 3.05. The number of nitrogens with zero attached hydrogens (tertiary/aromatic N) is 3. The van der Waals surface area contributed by atoms with Crippen LogP contribution in [0.2, 0.25) is 0 Å². The van der Waals surface area contributed by atoms with Crippen molar-refractivity contribution in [3.05, 3.63) is 58.3 Å². The molecule has 0 bridgehead atoms. The summed E-state index contributed by atoms with van der Waals surface area (Å²) in [6.45, 7) is 2.01. The number of hydrogen-bond acceptors (Lipinski definition) is 2. The number of rotatable bonds is 1. The van der Waals surface area contributed by atoms with E-state index in [-0.39, 0.29) is 0 Å². The molecule has 0 saturated heterocycles. The third kappa shape index (κ3) is 2.02. The van der Waals surface area contributed by atoms with Crippen molar-refractivity contribution >= 4 is 21.6 Å². The molecule has 3 rings (SSSR count). The maximum Gasteiger partial charge on any atom is 0.137 e. The van der Waals surface area contributed by atoms with Crippen LogP contribution in [0.25, 0.3) is 16.9 Å². The summed E-state index contributed by atoms with van der Waals surface area (Å²) in [6.07, 6.45) is 3.85. The van der Waals surface area contributed by atoms with Gasteiger partial charge in [0, 0.05) is 16.2 Å². The minimum atomic E-state index is 0.677. The number of imidazole rings is 1. The molecule has 0 fully saturated rings. The summed E-state index contributed by atoms with van der Waals surface area (Å²) in [5.74, 6) is 0. The van der Waals surface area contributed by atoms with Crippen LogP contribution in [-0.4, -0.2) is 9.38 Å². The molecule has 0 atom stereocenters. The molecule has 92 valence electrons. The van der Waals surface area contributed by atoms with Crippen molar-refractivity contribution in [2.45, 2.75) is 6.92 Å². The quantitative estimate of drug-likeness (QED) is 0.683. The monoisotopic (exact) mass is 311 g/mol. The molecule has 0 spiro atoms. The van der Waals surface area contributed by atoms with Gasteiger partial charge in [0.2, 0.25) is 0 Å². The van der Waals surface area contributed by atoms with E-state index in [0.717, 1.165) is 26.9 Å². The first-order valence-electron chi connectivity index (χ1n) is 5.83. The summed E-state index contributed by atoms with van der Waals surface area (Å²) in [5, 5.41) is 8.92. The molecule has 1 aromatic carbocycles. The number of pyridine rings is 1. The second kappa shape index (κ2) is 4.52. The minimum Gasteiger partial charge on any atom is -0.299 e. The first-order chi connectivity index (χ1) is 9.19. The van der Waals surface area contributed by atoms with Gasteiger partial charge in [0.15, 0.2) is 0 Å². The highest BCUT2D eigenvalue weighted by Gasteiger charge is 2.09. The van der Waals surface area contributed by atoms with Crippen LogP contribution in [0, 0.1) is 18.3 Å². The van der Waals surface area contributed by atoms with E-state index >= 15 is 0 Å². The van der Waals surface area contributed by atoms with Crippen molar-refractivity contribution in [2.24, 2.45) is 0 Å². The summed E-state index contributed by atoms with van der Waals surface area (Å²) in [5.41, 5.74) is 4.77. The van der Waals surface area contributed by atoms with Gasteiger partial charge in [0.1, 0.15) is 5.65 Å². The van der Waals surface area contributed by atoms with Gasteiger partial charge in [-0.3, -0.25) is 4.40 Å². The van der Waals surface area contributed by atoms with E-state index in [2.05, 4.69) is 27.0 Å². The third-order valence-corrected chi connectivity index (χ3v) is 3.57. The number of hydrogen-bond donors (Lipinski definition) is 0. The lowest BCUT2D eigenvalue weighted by atomic mass is 10.0. The molecule has 0 amide bonds. The molecule has 19 heavy (non-hydrogen) atoms. The van der Waals surface area contributed by atoms with Crippen molar-refractivity contribution in [1.29, 1.82) is 5.26 Å². The number of aromatic nitrogens is 2. The predicted octanol–water partition coefficient (Wildman–Crippen LogP) is 3.94. The van der Waals surface area contributed by atoms with Gasteiger partial charge < -0.3 is 0 Å². The Kier molecular flexibility index (Phi) is 2.84. The highest BCUT2D eigenvalue weighted by atomic mass is 79.9. The van der Waals surface area contributed by atoms with Crippen LogP contribution in [0.1, 0.15) is 11.1 Å². The number of fused-ring (bicyclic) bond motifs is 1. The van der Waals surface area contributed by atoms with Crippen LogP contribution in [0.4, 0.5) is 0 Å². The predicted molar refractivity (Wildman–Crippen MR) is 77.8 cm³/mol. The zero-order valence-electron chi connectivity index (χ0n) is 10.3. The molecular weight excluding hydrogens is 302 g/mol. The zero-order chi connectivity index (χ0) is 13.4. The average Bonchev–Trinajstić information content (AvgIpc) is 2.81. The Morgan fingerprint density at radius 2 is 2.11 bits per heavy atom. The molecule has 0 aliphatic rings. The summed E-state index contributed by atoms with van der Waals surface area (Å²) in [7, 11) is 0.